The van der Waals surface area contributed by atoms with Crippen molar-refractivity contribution in [1.82, 2.24) is 0 Å². The Bertz CT molecular complexity index is 260. The third kappa shape index (κ3) is 11.9. The molecule has 0 aliphatic heterocycles. The van der Waals surface area contributed by atoms with Gasteiger partial charge in [-0.3, -0.25) is 9.59 Å². The fourth-order valence-electron chi connectivity index (χ4n) is 1.64. The predicted octanol–water partition coefficient (Wildman–Crippen LogP) is 2.35. The van der Waals surface area contributed by atoms with Crippen LogP contribution in [0.5, 0.6) is 0 Å². The van der Waals surface area contributed by atoms with E-state index in [0.29, 0.717) is 19.8 Å². The molecule has 0 unspecified atom stereocenters. The second kappa shape index (κ2) is 12.9. The van der Waals surface area contributed by atoms with Gasteiger partial charge in [-0.05, 0) is 39.5 Å². The van der Waals surface area contributed by atoms with E-state index in [1.807, 2.05) is 13.8 Å². The van der Waals surface area contributed by atoms with Crippen molar-refractivity contribution in [3.8, 4) is 0 Å². The zero-order valence-electron chi connectivity index (χ0n) is 12.4. The molecule has 0 radical (unpaired) electrons. The quantitative estimate of drug-likeness (QED) is 0.318. The maximum atomic E-state index is 11.1. The van der Waals surface area contributed by atoms with Gasteiger partial charge >= 0.3 is 11.9 Å². The summed E-state index contributed by atoms with van der Waals surface area (Å²) in [6.07, 6.45) is 3.07. The van der Waals surface area contributed by atoms with Crippen LogP contribution in [0.3, 0.4) is 0 Å². The highest BCUT2D eigenvalue weighted by Crippen LogP contribution is 2.08. The number of rotatable bonds is 13. The van der Waals surface area contributed by atoms with Gasteiger partial charge in [0.2, 0.25) is 0 Å². The molecule has 6 heteroatoms. The SMILES string of the molecule is CCOC(CCCCCOC(=O)CCC(=O)O)OCC. The van der Waals surface area contributed by atoms with Crippen LogP contribution in [-0.4, -0.2) is 43.2 Å². The molecule has 0 saturated carbocycles. The lowest BCUT2D eigenvalue weighted by atomic mass is 10.2. The zero-order chi connectivity index (χ0) is 15.2. The zero-order valence-corrected chi connectivity index (χ0v) is 12.4. The van der Waals surface area contributed by atoms with E-state index in [9.17, 15) is 9.59 Å². The Morgan fingerprint density at radius 1 is 1.00 bits per heavy atom. The van der Waals surface area contributed by atoms with Gasteiger partial charge in [0.15, 0.2) is 6.29 Å². The van der Waals surface area contributed by atoms with Crippen LogP contribution in [0.2, 0.25) is 0 Å². The highest BCUT2D eigenvalue weighted by Gasteiger charge is 2.08. The Morgan fingerprint density at radius 2 is 1.65 bits per heavy atom. The Kier molecular flexibility index (Phi) is 12.1. The van der Waals surface area contributed by atoms with Crippen molar-refractivity contribution in [3.05, 3.63) is 0 Å². The molecular formula is C14H26O6. The van der Waals surface area contributed by atoms with Crippen molar-refractivity contribution < 1.29 is 28.9 Å². The molecule has 0 heterocycles. The van der Waals surface area contributed by atoms with E-state index in [2.05, 4.69) is 0 Å². The Balaban J connectivity index is 3.46. The van der Waals surface area contributed by atoms with Crippen molar-refractivity contribution in [3.63, 3.8) is 0 Å². The fourth-order valence-corrected chi connectivity index (χ4v) is 1.64. The molecular weight excluding hydrogens is 264 g/mol. The first kappa shape index (κ1) is 18.9. The molecule has 0 spiro atoms. The molecule has 0 aromatic carbocycles. The third-order valence-electron chi connectivity index (χ3n) is 2.60. The normalized spacial score (nSPS) is 10.8. The molecule has 20 heavy (non-hydrogen) atoms. The van der Waals surface area contributed by atoms with Crippen LogP contribution in [0.15, 0.2) is 0 Å². The monoisotopic (exact) mass is 290 g/mol. The van der Waals surface area contributed by atoms with E-state index in [1.165, 1.54) is 0 Å². The summed E-state index contributed by atoms with van der Waals surface area (Å²) in [5.41, 5.74) is 0. The molecule has 0 aliphatic carbocycles. The smallest absolute Gasteiger partial charge is 0.306 e. The number of aliphatic carboxylic acids is 1. The van der Waals surface area contributed by atoms with E-state index in [4.69, 9.17) is 19.3 Å². The lowest BCUT2D eigenvalue weighted by Gasteiger charge is -2.16. The van der Waals surface area contributed by atoms with Gasteiger partial charge in [-0.2, -0.15) is 0 Å². The maximum absolute atomic E-state index is 11.1. The van der Waals surface area contributed by atoms with Crippen molar-refractivity contribution in [2.75, 3.05) is 19.8 Å². The van der Waals surface area contributed by atoms with Crippen molar-refractivity contribution in [1.29, 1.82) is 0 Å². The number of unbranched alkanes of at least 4 members (excludes halogenated alkanes) is 2. The average Bonchev–Trinajstić information content (AvgIpc) is 2.40. The summed E-state index contributed by atoms with van der Waals surface area (Å²) in [7, 11) is 0. The first-order valence-corrected chi connectivity index (χ1v) is 7.20. The van der Waals surface area contributed by atoms with Gasteiger partial charge in [-0.25, -0.2) is 0 Å². The molecule has 118 valence electrons. The number of carboxylic acid groups (broad SMARTS) is 1. The van der Waals surface area contributed by atoms with E-state index in [1.54, 1.807) is 0 Å². The molecule has 0 saturated heterocycles. The largest absolute Gasteiger partial charge is 0.481 e. The Morgan fingerprint density at radius 3 is 2.20 bits per heavy atom. The molecule has 0 amide bonds. The third-order valence-corrected chi connectivity index (χ3v) is 2.60. The highest BCUT2D eigenvalue weighted by atomic mass is 16.7. The van der Waals surface area contributed by atoms with Gasteiger partial charge in [0.1, 0.15) is 0 Å². The minimum absolute atomic E-state index is 0.0634. The second-order valence-corrected chi connectivity index (χ2v) is 4.30. The number of esters is 1. The van der Waals surface area contributed by atoms with E-state index in [0.717, 1.165) is 25.7 Å². The summed E-state index contributed by atoms with van der Waals surface area (Å²) in [4.78, 5) is 21.4. The Labute approximate surface area is 120 Å². The summed E-state index contributed by atoms with van der Waals surface area (Å²) < 4.78 is 15.8. The highest BCUT2D eigenvalue weighted by molar-refractivity contribution is 5.76. The van der Waals surface area contributed by atoms with E-state index >= 15 is 0 Å². The first-order chi connectivity index (χ1) is 9.60. The number of carbonyl (C=O) groups excluding carboxylic acids is 1. The summed E-state index contributed by atoms with van der Waals surface area (Å²) in [6.45, 7) is 5.47. The van der Waals surface area contributed by atoms with Crippen LogP contribution in [0.1, 0.15) is 52.4 Å². The fraction of sp³-hybridized carbons (Fsp3) is 0.857. The molecule has 0 bridgehead atoms. The summed E-state index contributed by atoms with van der Waals surface area (Å²) in [6, 6.07) is 0. The van der Waals surface area contributed by atoms with Crippen LogP contribution in [0, 0.1) is 0 Å². The van der Waals surface area contributed by atoms with Gasteiger partial charge < -0.3 is 19.3 Å². The van der Waals surface area contributed by atoms with Gasteiger partial charge in [0.25, 0.3) is 0 Å². The molecule has 0 rings (SSSR count). The van der Waals surface area contributed by atoms with Crippen LogP contribution in [-0.2, 0) is 23.8 Å². The van der Waals surface area contributed by atoms with Gasteiger partial charge in [-0.1, -0.05) is 0 Å². The van der Waals surface area contributed by atoms with Crippen LogP contribution >= 0.6 is 0 Å². The molecule has 6 nitrogen and oxygen atoms in total. The van der Waals surface area contributed by atoms with E-state index < -0.39 is 11.9 Å². The predicted molar refractivity (Wildman–Crippen MR) is 73.3 cm³/mol. The number of carbonyl (C=O) groups is 2. The number of ether oxygens (including phenoxy) is 3. The lowest BCUT2D eigenvalue weighted by Crippen LogP contribution is -2.17. The van der Waals surface area contributed by atoms with Gasteiger partial charge in [0.05, 0.1) is 19.4 Å². The minimum Gasteiger partial charge on any atom is -0.481 e. The summed E-state index contributed by atoms with van der Waals surface area (Å²) in [5.74, 6) is -1.44. The number of carboxylic acids is 1. The van der Waals surface area contributed by atoms with Crippen molar-refractivity contribution in [2.45, 2.75) is 58.7 Å². The molecule has 0 fully saturated rings. The van der Waals surface area contributed by atoms with E-state index in [-0.39, 0.29) is 19.1 Å². The lowest BCUT2D eigenvalue weighted by molar-refractivity contribution is -0.148. The second-order valence-electron chi connectivity index (χ2n) is 4.30. The van der Waals surface area contributed by atoms with Crippen LogP contribution in [0.4, 0.5) is 0 Å². The topological polar surface area (TPSA) is 82.1 Å². The molecule has 0 aliphatic rings. The maximum Gasteiger partial charge on any atom is 0.306 e. The minimum atomic E-state index is -0.986. The standard InChI is InChI=1S/C14H26O6/c1-3-18-14(19-4-2)8-6-5-7-11-20-13(17)10-9-12(15)16/h14H,3-11H2,1-2H3,(H,15,16). The number of hydrogen-bond acceptors (Lipinski definition) is 5. The van der Waals surface area contributed by atoms with Crippen molar-refractivity contribution >= 4 is 11.9 Å². The molecule has 0 aromatic heterocycles. The average molecular weight is 290 g/mol. The Hall–Kier alpha value is -1.14. The van der Waals surface area contributed by atoms with Crippen LogP contribution in [0.25, 0.3) is 0 Å². The first-order valence-electron chi connectivity index (χ1n) is 7.20. The summed E-state index contributed by atoms with van der Waals surface area (Å²) in [5, 5.41) is 8.41. The molecule has 0 atom stereocenters. The van der Waals surface area contributed by atoms with Gasteiger partial charge in [-0.15, -0.1) is 0 Å². The van der Waals surface area contributed by atoms with Gasteiger partial charge in [0, 0.05) is 13.2 Å². The molecule has 0 aromatic rings. The van der Waals surface area contributed by atoms with Crippen molar-refractivity contribution in [2.24, 2.45) is 0 Å². The number of hydrogen-bond donors (Lipinski definition) is 1. The molecule has 1 N–H and O–H groups in total. The summed E-state index contributed by atoms with van der Waals surface area (Å²) >= 11 is 0. The van der Waals surface area contributed by atoms with Crippen LogP contribution < -0.4 is 0 Å².